The van der Waals surface area contributed by atoms with Gasteiger partial charge >= 0.3 is 5.97 Å². The number of nitrogens with zero attached hydrogens (tertiary/aromatic N) is 1. The van der Waals surface area contributed by atoms with Gasteiger partial charge < -0.3 is 19.5 Å². The van der Waals surface area contributed by atoms with Gasteiger partial charge in [0.1, 0.15) is 11.5 Å². The van der Waals surface area contributed by atoms with Gasteiger partial charge in [-0.05, 0) is 32.0 Å². The van der Waals surface area contributed by atoms with E-state index in [1.165, 1.54) is 19.1 Å². The molecule has 1 unspecified atom stereocenters. The number of carbonyl (C=O) groups is 2. The number of amides is 1. The van der Waals surface area contributed by atoms with E-state index in [2.05, 4.69) is 0 Å². The van der Waals surface area contributed by atoms with E-state index in [4.69, 9.17) is 9.47 Å². The summed E-state index contributed by atoms with van der Waals surface area (Å²) < 4.78 is 10.3. The molecule has 1 N–H and O–H groups in total. The molecule has 0 aromatic heterocycles. The van der Waals surface area contributed by atoms with Crippen molar-refractivity contribution in [3.05, 3.63) is 23.8 Å². The molecule has 0 fully saturated rings. The Bertz CT molecular complexity index is 486. The van der Waals surface area contributed by atoms with Crippen LogP contribution in [0.4, 0.5) is 0 Å². The Morgan fingerprint density at radius 2 is 1.95 bits per heavy atom. The summed E-state index contributed by atoms with van der Waals surface area (Å²) in [6, 6.07) is 3.47. The molecule has 1 aromatic carbocycles. The SMILES string of the molecule is COc1ccc(OC)c(C(C(=O)O)N(C=O)C(C)C)c1. The van der Waals surface area contributed by atoms with Gasteiger partial charge in [0.05, 0.1) is 14.2 Å². The van der Waals surface area contributed by atoms with Gasteiger partial charge in [-0.1, -0.05) is 0 Å². The molecule has 0 aliphatic rings. The molecule has 0 aliphatic carbocycles. The van der Waals surface area contributed by atoms with Gasteiger partial charge in [-0.2, -0.15) is 0 Å². The van der Waals surface area contributed by atoms with E-state index in [0.29, 0.717) is 23.5 Å². The third kappa shape index (κ3) is 3.20. The van der Waals surface area contributed by atoms with Crippen molar-refractivity contribution in [3.8, 4) is 11.5 Å². The van der Waals surface area contributed by atoms with Gasteiger partial charge in [0.2, 0.25) is 6.41 Å². The van der Waals surface area contributed by atoms with Gasteiger partial charge in [-0.25, -0.2) is 4.79 Å². The Kier molecular flexibility index (Phi) is 5.37. The van der Waals surface area contributed by atoms with Crippen molar-refractivity contribution < 1.29 is 24.2 Å². The Labute approximate surface area is 117 Å². The average molecular weight is 281 g/mol. The van der Waals surface area contributed by atoms with Gasteiger partial charge in [0.15, 0.2) is 6.04 Å². The molecule has 0 saturated carbocycles. The Balaban J connectivity index is 3.40. The lowest BCUT2D eigenvalue weighted by Crippen LogP contribution is -2.38. The maximum absolute atomic E-state index is 11.6. The first-order valence-electron chi connectivity index (χ1n) is 6.13. The van der Waals surface area contributed by atoms with Crippen LogP contribution in [0.3, 0.4) is 0 Å². The third-order valence-corrected chi connectivity index (χ3v) is 2.98. The zero-order valence-corrected chi connectivity index (χ0v) is 12.0. The lowest BCUT2D eigenvalue weighted by molar-refractivity contribution is -0.148. The molecule has 0 spiro atoms. The zero-order chi connectivity index (χ0) is 15.3. The average Bonchev–Trinajstić information content (AvgIpc) is 2.42. The summed E-state index contributed by atoms with van der Waals surface area (Å²) in [5.41, 5.74) is 0.375. The third-order valence-electron chi connectivity index (χ3n) is 2.98. The number of methoxy groups -OCH3 is 2. The minimum Gasteiger partial charge on any atom is -0.497 e. The van der Waals surface area contributed by atoms with Crippen molar-refractivity contribution in [1.82, 2.24) is 4.90 Å². The van der Waals surface area contributed by atoms with Crippen LogP contribution < -0.4 is 9.47 Å². The number of benzene rings is 1. The predicted octanol–water partition coefficient (Wildman–Crippen LogP) is 1.70. The number of carboxylic acids is 1. The quantitative estimate of drug-likeness (QED) is 0.770. The van der Waals surface area contributed by atoms with Crippen LogP contribution in [-0.4, -0.2) is 42.6 Å². The first kappa shape index (κ1) is 15.8. The van der Waals surface area contributed by atoms with Crippen molar-refractivity contribution >= 4 is 12.4 Å². The Morgan fingerprint density at radius 1 is 1.30 bits per heavy atom. The van der Waals surface area contributed by atoms with Gasteiger partial charge in [-0.3, -0.25) is 4.79 Å². The molecule has 20 heavy (non-hydrogen) atoms. The Morgan fingerprint density at radius 3 is 2.35 bits per heavy atom. The van der Waals surface area contributed by atoms with Crippen LogP contribution in [-0.2, 0) is 9.59 Å². The molecule has 6 nitrogen and oxygen atoms in total. The molecule has 1 aromatic rings. The summed E-state index contributed by atoms with van der Waals surface area (Å²) >= 11 is 0. The number of ether oxygens (including phenoxy) is 2. The maximum Gasteiger partial charge on any atom is 0.331 e. The minimum atomic E-state index is -1.13. The molecule has 110 valence electrons. The van der Waals surface area contributed by atoms with E-state index in [9.17, 15) is 14.7 Å². The number of hydrogen-bond acceptors (Lipinski definition) is 4. The highest BCUT2D eigenvalue weighted by Gasteiger charge is 2.31. The lowest BCUT2D eigenvalue weighted by atomic mass is 10.0. The summed E-state index contributed by atoms with van der Waals surface area (Å²) in [6.07, 6.45) is 0.530. The lowest BCUT2D eigenvalue weighted by Gasteiger charge is -2.29. The van der Waals surface area contributed by atoms with Gasteiger partial charge in [0, 0.05) is 11.6 Å². The van der Waals surface area contributed by atoms with Crippen LogP contribution in [0.2, 0.25) is 0 Å². The number of rotatable bonds is 7. The number of carboxylic acid groups (broad SMARTS) is 1. The molecule has 1 rings (SSSR count). The van der Waals surface area contributed by atoms with E-state index < -0.39 is 12.0 Å². The monoisotopic (exact) mass is 281 g/mol. The highest BCUT2D eigenvalue weighted by Crippen LogP contribution is 2.33. The number of aliphatic carboxylic acids is 1. The van der Waals surface area contributed by atoms with Crippen molar-refractivity contribution in [2.45, 2.75) is 25.9 Å². The van der Waals surface area contributed by atoms with Crippen LogP contribution in [0.15, 0.2) is 18.2 Å². The van der Waals surface area contributed by atoms with E-state index >= 15 is 0 Å². The summed E-state index contributed by atoms with van der Waals surface area (Å²) in [5, 5.41) is 9.46. The summed E-state index contributed by atoms with van der Waals surface area (Å²) in [7, 11) is 2.94. The van der Waals surface area contributed by atoms with Crippen molar-refractivity contribution in [3.63, 3.8) is 0 Å². The topological polar surface area (TPSA) is 76.1 Å². The fourth-order valence-corrected chi connectivity index (χ4v) is 1.95. The predicted molar refractivity (Wildman–Crippen MR) is 73.0 cm³/mol. The molecule has 0 aliphatic heterocycles. The van der Waals surface area contributed by atoms with Crippen LogP contribution >= 0.6 is 0 Å². The van der Waals surface area contributed by atoms with Crippen LogP contribution in [0.1, 0.15) is 25.5 Å². The van der Waals surface area contributed by atoms with Crippen LogP contribution in [0.5, 0.6) is 11.5 Å². The van der Waals surface area contributed by atoms with E-state index in [-0.39, 0.29) is 6.04 Å². The Hall–Kier alpha value is -2.24. The van der Waals surface area contributed by atoms with Crippen LogP contribution in [0, 0.1) is 0 Å². The molecule has 1 amide bonds. The second kappa shape index (κ2) is 6.79. The largest absolute Gasteiger partial charge is 0.497 e. The standard InChI is InChI=1S/C14H19NO5/c1-9(2)15(8-16)13(14(17)18)11-7-10(19-3)5-6-12(11)20-4/h5-9,13H,1-4H3,(H,17,18). The molecule has 0 saturated heterocycles. The van der Waals surface area contributed by atoms with Gasteiger partial charge in [0.25, 0.3) is 0 Å². The van der Waals surface area contributed by atoms with Gasteiger partial charge in [-0.15, -0.1) is 0 Å². The maximum atomic E-state index is 11.6. The highest BCUT2D eigenvalue weighted by molar-refractivity contribution is 5.79. The molecular formula is C14H19NO5. The fraction of sp³-hybridized carbons (Fsp3) is 0.429. The molecule has 0 bridgehead atoms. The normalized spacial score (nSPS) is 11.8. The van der Waals surface area contributed by atoms with Crippen molar-refractivity contribution in [1.29, 1.82) is 0 Å². The molecule has 6 heteroatoms. The van der Waals surface area contributed by atoms with Crippen molar-refractivity contribution in [2.24, 2.45) is 0 Å². The van der Waals surface area contributed by atoms with E-state index in [1.54, 1.807) is 32.0 Å². The summed E-state index contributed by atoms with van der Waals surface area (Å²) in [4.78, 5) is 24.0. The first-order valence-corrected chi connectivity index (χ1v) is 6.13. The summed E-state index contributed by atoms with van der Waals surface area (Å²) in [6.45, 7) is 3.49. The molecule has 1 atom stereocenters. The first-order chi connectivity index (χ1) is 9.46. The van der Waals surface area contributed by atoms with E-state index in [1.807, 2.05) is 0 Å². The number of carbonyl (C=O) groups excluding carboxylic acids is 1. The molecule has 0 heterocycles. The molecular weight excluding hydrogens is 262 g/mol. The summed E-state index contributed by atoms with van der Waals surface area (Å²) in [5.74, 6) is -0.232. The number of hydrogen-bond donors (Lipinski definition) is 1. The smallest absolute Gasteiger partial charge is 0.331 e. The second-order valence-electron chi connectivity index (χ2n) is 4.50. The zero-order valence-electron chi connectivity index (χ0n) is 12.0. The van der Waals surface area contributed by atoms with Crippen molar-refractivity contribution in [2.75, 3.05) is 14.2 Å². The second-order valence-corrected chi connectivity index (χ2v) is 4.50. The highest BCUT2D eigenvalue weighted by atomic mass is 16.5. The van der Waals surface area contributed by atoms with E-state index in [0.717, 1.165) is 0 Å². The fourth-order valence-electron chi connectivity index (χ4n) is 1.95. The molecule has 0 radical (unpaired) electrons. The van der Waals surface area contributed by atoms with Crippen LogP contribution in [0.25, 0.3) is 0 Å². The minimum absolute atomic E-state index is 0.260.